The number of benzene rings is 1. The molecule has 2 aromatic rings. The Morgan fingerprint density at radius 1 is 1.45 bits per heavy atom. The second kappa shape index (κ2) is 6.30. The van der Waals surface area contributed by atoms with E-state index in [0.717, 1.165) is 42.7 Å². The number of rotatable bonds is 5. The first-order valence-electron chi connectivity index (χ1n) is 7.54. The number of pyridine rings is 1. The molecule has 1 aromatic carbocycles. The van der Waals surface area contributed by atoms with E-state index in [9.17, 15) is 5.26 Å². The average molecular weight is 296 g/mol. The van der Waals surface area contributed by atoms with Crippen LogP contribution < -0.4 is 10.6 Å². The average Bonchev–Trinajstić information content (AvgIpc) is 3.01. The summed E-state index contributed by atoms with van der Waals surface area (Å²) in [7, 11) is 1.73. The normalized spacial score (nSPS) is 20.9. The number of nitrogens with one attached hydrogen (secondary N) is 2. The second-order valence-corrected chi connectivity index (χ2v) is 5.78. The Bertz CT molecular complexity index is 701. The van der Waals surface area contributed by atoms with Crippen LogP contribution in [-0.2, 0) is 4.74 Å². The van der Waals surface area contributed by atoms with E-state index < -0.39 is 0 Å². The number of fused-ring (bicyclic) bond motifs is 1. The van der Waals surface area contributed by atoms with Crippen LogP contribution in [0, 0.1) is 11.3 Å². The molecule has 2 N–H and O–H groups in total. The van der Waals surface area contributed by atoms with Gasteiger partial charge in [0.05, 0.1) is 29.3 Å². The number of hydrogen-bond acceptors (Lipinski definition) is 5. The van der Waals surface area contributed by atoms with Gasteiger partial charge in [0.15, 0.2) is 0 Å². The smallest absolute Gasteiger partial charge is 0.128 e. The maximum Gasteiger partial charge on any atom is 0.128 e. The van der Waals surface area contributed by atoms with Gasteiger partial charge in [-0.15, -0.1) is 0 Å². The highest BCUT2D eigenvalue weighted by molar-refractivity contribution is 5.86. The van der Waals surface area contributed by atoms with Crippen molar-refractivity contribution in [3.05, 3.63) is 35.9 Å². The van der Waals surface area contributed by atoms with Crippen LogP contribution in [0.25, 0.3) is 10.9 Å². The number of aromatic nitrogens is 1. The quantitative estimate of drug-likeness (QED) is 0.886. The van der Waals surface area contributed by atoms with Gasteiger partial charge < -0.3 is 15.4 Å². The molecule has 3 rings (SSSR count). The number of nitriles is 1. The highest BCUT2D eigenvalue weighted by Crippen LogP contribution is 2.23. The molecule has 1 aliphatic rings. The summed E-state index contributed by atoms with van der Waals surface area (Å²) in [5.41, 5.74) is 1.44. The van der Waals surface area contributed by atoms with Gasteiger partial charge in [0.25, 0.3) is 0 Å². The Kier molecular flexibility index (Phi) is 4.23. The third-order valence-electron chi connectivity index (χ3n) is 4.20. The molecule has 1 unspecified atom stereocenters. The lowest BCUT2D eigenvalue weighted by molar-refractivity contribution is 0.127. The fourth-order valence-corrected chi connectivity index (χ4v) is 3.09. The maximum absolute atomic E-state index is 9.34. The van der Waals surface area contributed by atoms with Gasteiger partial charge in [-0.3, -0.25) is 0 Å². The summed E-state index contributed by atoms with van der Waals surface area (Å²) in [5, 5.41) is 17.1. The molecule has 0 aliphatic carbocycles. The zero-order chi connectivity index (χ0) is 15.4. The number of anilines is 1. The van der Waals surface area contributed by atoms with Gasteiger partial charge in [-0.1, -0.05) is 18.2 Å². The predicted octanol–water partition coefficient (Wildman–Crippen LogP) is 2.29. The molecule has 0 spiro atoms. The van der Waals surface area contributed by atoms with Crippen molar-refractivity contribution in [2.45, 2.75) is 18.4 Å². The van der Waals surface area contributed by atoms with E-state index in [1.165, 1.54) is 0 Å². The molecule has 2 heterocycles. The largest absolute Gasteiger partial charge is 0.383 e. The zero-order valence-electron chi connectivity index (χ0n) is 12.7. The second-order valence-electron chi connectivity index (χ2n) is 5.78. The number of nitrogens with zero attached hydrogens (tertiary/aromatic N) is 2. The molecular formula is C17H20N4O. The van der Waals surface area contributed by atoms with Crippen LogP contribution in [0.3, 0.4) is 0 Å². The molecule has 0 bridgehead atoms. The van der Waals surface area contributed by atoms with E-state index >= 15 is 0 Å². The molecule has 22 heavy (non-hydrogen) atoms. The first-order chi connectivity index (χ1) is 10.8. The third-order valence-corrected chi connectivity index (χ3v) is 4.20. The van der Waals surface area contributed by atoms with E-state index in [-0.39, 0.29) is 5.54 Å². The summed E-state index contributed by atoms with van der Waals surface area (Å²) in [5.74, 6) is 0.736. The molecule has 0 radical (unpaired) electrons. The molecular weight excluding hydrogens is 276 g/mol. The van der Waals surface area contributed by atoms with Gasteiger partial charge >= 0.3 is 0 Å². The fourth-order valence-electron chi connectivity index (χ4n) is 3.09. The summed E-state index contributed by atoms with van der Waals surface area (Å²) in [4.78, 5) is 4.61. The molecule has 0 amide bonds. The van der Waals surface area contributed by atoms with Gasteiger partial charge in [0.2, 0.25) is 0 Å². The summed E-state index contributed by atoms with van der Waals surface area (Å²) in [6.45, 7) is 2.41. The Morgan fingerprint density at radius 3 is 3.05 bits per heavy atom. The van der Waals surface area contributed by atoms with Crippen molar-refractivity contribution in [3.8, 4) is 6.07 Å². The predicted molar refractivity (Wildman–Crippen MR) is 86.8 cm³/mol. The van der Waals surface area contributed by atoms with Crippen molar-refractivity contribution in [3.63, 3.8) is 0 Å². The Balaban J connectivity index is 1.83. The first kappa shape index (κ1) is 14.8. The van der Waals surface area contributed by atoms with Crippen LogP contribution in [0.15, 0.2) is 30.3 Å². The highest BCUT2D eigenvalue weighted by atomic mass is 16.5. The number of para-hydroxylation sites is 1. The summed E-state index contributed by atoms with van der Waals surface area (Å²) < 4.78 is 5.36. The zero-order valence-corrected chi connectivity index (χ0v) is 12.7. The summed E-state index contributed by atoms with van der Waals surface area (Å²) in [6.07, 6.45) is 2.23. The molecule has 114 valence electrons. The fraction of sp³-hybridized carbons (Fsp3) is 0.412. The molecule has 1 aliphatic heterocycles. The Labute approximate surface area is 130 Å². The lowest BCUT2D eigenvalue weighted by Crippen LogP contribution is -2.49. The molecule has 5 nitrogen and oxygen atoms in total. The third kappa shape index (κ3) is 2.89. The minimum Gasteiger partial charge on any atom is -0.383 e. The van der Waals surface area contributed by atoms with Crippen molar-refractivity contribution in [2.75, 3.05) is 32.1 Å². The molecule has 1 saturated heterocycles. The van der Waals surface area contributed by atoms with Crippen LogP contribution in [0.5, 0.6) is 0 Å². The van der Waals surface area contributed by atoms with E-state index in [0.29, 0.717) is 12.2 Å². The molecule has 1 atom stereocenters. The van der Waals surface area contributed by atoms with E-state index in [1.807, 2.05) is 30.3 Å². The number of hydrogen-bond donors (Lipinski definition) is 2. The lowest BCUT2D eigenvalue weighted by atomic mass is 9.98. The van der Waals surface area contributed by atoms with Crippen molar-refractivity contribution < 1.29 is 4.74 Å². The number of ether oxygens (including phenoxy) is 1. The SMILES string of the molecule is COCC1(CNc2cc(C#N)c3ccccc3n2)CCCN1. The van der Waals surface area contributed by atoms with Crippen LogP contribution in [0.4, 0.5) is 5.82 Å². The topological polar surface area (TPSA) is 70.0 Å². The summed E-state index contributed by atoms with van der Waals surface area (Å²) in [6, 6.07) is 11.8. The number of methoxy groups -OCH3 is 1. The molecule has 0 saturated carbocycles. The van der Waals surface area contributed by atoms with E-state index in [1.54, 1.807) is 7.11 Å². The highest BCUT2D eigenvalue weighted by Gasteiger charge is 2.33. The molecule has 1 aromatic heterocycles. The van der Waals surface area contributed by atoms with Crippen molar-refractivity contribution in [1.29, 1.82) is 5.26 Å². The maximum atomic E-state index is 9.34. The molecule has 5 heteroatoms. The Hall–Kier alpha value is -2.16. The van der Waals surface area contributed by atoms with Crippen LogP contribution in [-0.4, -0.2) is 37.3 Å². The van der Waals surface area contributed by atoms with Crippen LogP contribution >= 0.6 is 0 Å². The van der Waals surface area contributed by atoms with Gasteiger partial charge in [-0.05, 0) is 31.5 Å². The van der Waals surface area contributed by atoms with Gasteiger partial charge in [-0.2, -0.15) is 5.26 Å². The van der Waals surface area contributed by atoms with Gasteiger partial charge in [0.1, 0.15) is 5.82 Å². The van der Waals surface area contributed by atoms with Crippen molar-refractivity contribution in [1.82, 2.24) is 10.3 Å². The van der Waals surface area contributed by atoms with Crippen molar-refractivity contribution >= 4 is 16.7 Å². The van der Waals surface area contributed by atoms with Gasteiger partial charge in [0, 0.05) is 19.0 Å². The minimum absolute atomic E-state index is 0.0467. The van der Waals surface area contributed by atoms with Crippen molar-refractivity contribution in [2.24, 2.45) is 0 Å². The van der Waals surface area contributed by atoms with Crippen LogP contribution in [0.2, 0.25) is 0 Å². The summed E-state index contributed by atoms with van der Waals surface area (Å²) >= 11 is 0. The van der Waals surface area contributed by atoms with E-state index in [2.05, 4.69) is 21.7 Å². The lowest BCUT2D eigenvalue weighted by Gasteiger charge is -2.29. The molecule has 1 fully saturated rings. The van der Waals surface area contributed by atoms with E-state index in [4.69, 9.17) is 4.74 Å². The monoisotopic (exact) mass is 296 g/mol. The Morgan fingerprint density at radius 2 is 2.32 bits per heavy atom. The van der Waals surface area contributed by atoms with Crippen LogP contribution in [0.1, 0.15) is 18.4 Å². The standard InChI is InChI=1S/C17H20N4O/c1-22-12-17(7-4-8-20-17)11-19-16-9-13(10-18)14-5-2-3-6-15(14)21-16/h2-3,5-6,9,20H,4,7-8,11-12H2,1H3,(H,19,21). The minimum atomic E-state index is -0.0467. The van der Waals surface area contributed by atoms with Gasteiger partial charge in [-0.25, -0.2) is 4.98 Å². The first-order valence-corrected chi connectivity index (χ1v) is 7.54.